The zero-order valence-corrected chi connectivity index (χ0v) is 11.3. The minimum Gasteiger partial charge on any atom is -0.265 e. The first-order valence-electron chi connectivity index (χ1n) is 6.95. The SMILES string of the molecule is CC1CCc2c(cnc3nc(-c4ccncc4)nn23)C1. The molecule has 100 valence electrons. The van der Waals surface area contributed by atoms with Crippen LogP contribution in [0.4, 0.5) is 0 Å². The molecule has 0 radical (unpaired) electrons. The quantitative estimate of drug-likeness (QED) is 0.677. The van der Waals surface area contributed by atoms with Gasteiger partial charge < -0.3 is 0 Å². The summed E-state index contributed by atoms with van der Waals surface area (Å²) in [5, 5.41) is 4.64. The van der Waals surface area contributed by atoms with Crippen molar-refractivity contribution in [2.75, 3.05) is 0 Å². The Morgan fingerprint density at radius 2 is 2.10 bits per heavy atom. The van der Waals surface area contributed by atoms with Gasteiger partial charge >= 0.3 is 0 Å². The first-order valence-corrected chi connectivity index (χ1v) is 6.95. The summed E-state index contributed by atoms with van der Waals surface area (Å²) in [5.74, 6) is 2.13. The summed E-state index contributed by atoms with van der Waals surface area (Å²) in [6.45, 7) is 2.29. The van der Waals surface area contributed by atoms with E-state index in [4.69, 9.17) is 0 Å². The number of aryl methyl sites for hydroxylation is 1. The predicted molar refractivity (Wildman–Crippen MR) is 75.2 cm³/mol. The van der Waals surface area contributed by atoms with Crippen LogP contribution in [0.3, 0.4) is 0 Å². The van der Waals surface area contributed by atoms with E-state index < -0.39 is 0 Å². The van der Waals surface area contributed by atoms with Crippen LogP contribution in [0, 0.1) is 5.92 Å². The molecule has 3 heterocycles. The number of rotatable bonds is 1. The maximum absolute atomic E-state index is 4.64. The number of hydrogen-bond acceptors (Lipinski definition) is 4. The molecule has 5 heteroatoms. The summed E-state index contributed by atoms with van der Waals surface area (Å²) >= 11 is 0. The normalized spacial score (nSPS) is 18.1. The Labute approximate surface area is 116 Å². The van der Waals surface area contributed by atoms with E-state index in [1.165, 1.54) is 17.7 Å². The second-order valence-corrected chi connectivity index (χ2v) is 5.46. The van der Waals surface area contributed by atoms with E-state index >= 15 is 0 Å². The van der Waals surface area contributed by atoms with Crippen LogP contribution >= 0.6 is 0 Å². The molecule has 0 fully saturated rings. The van der Waals surface area contributed by atoms with Gasteiger partial charge in [-0.25, -0.2) is 9.50 Å². The van der Waals surface area contributed by atoms with Gasteiger partial charge in [0, 0.05) is 24.2 Å². The molecule has 0 aromatic carbocycles. The maximum Gasteiger partial charge on any atom is 0.252 e. The molecular formula is C15H15N5. The van der Waals surface area contributed by atoms with E-state index in [1.807, 2.05) is 22.8 Å². The fourth-order valence-corrected chi connectivity index (χ4v) is 2.84. The summed E-state index contributed by atoms with van der Waals surface area (Å²) in [6, 6.07) is 3.84. The van der Waals surface area contributed by atoms with E-state index in [-0.39, 0.29) is 0 Å². The van der Waals surface area contributed by atoms with Crippen molar-refractivity contribution in [3.05, 3.63) is 42.0 Å². The highest BCUT2D eigenvalue weighted by molar-refractivity contribution is 5.56. The van der Waals surface area contributed by atoms with Crippen molar-refractivity contribution in [1.29, 1.82) is 0 Å². The van der Waals surface area contributed by atoms with E-state index in [0.717, 1.165) is 24.3 Å². The van der Waals surface area contributed by atoms with Gasteiger partial charge in [0.15, 0.2) is 5.82 Å². The van der Waals surface area contributed by atoms with E-state index in [0.29, 0.717) is 11.6 Å². The van der Waals surface area contributed by atoms with Crippen LogP contribution in [-0.2, 0) is 12.8 Å². The Hall–Kier alpha value is -2.30. The molecule has 0 spiro atoms. The van der Waals surface area contributed by atoms with Crippen molar-refractivity contribution in [3.63, 3.8) is 0 Å². The second kappa shape index (κ2) is 4.37. The van der Waals surface area contributed by atoms with Crippen LogP contribution in [0.25, 0.3) is 17.2 Å². The molecule has 4 rings (SSSR count). The van der Waals surface area contributed by atoms with Crippen molar-refractivity contribution < 1.29 is 0 Å². The van der Waals surface area contributed by atoms with Crippen LogP contribution in [0.5, 0.6) is 0 Å². The summed E-state index contributed by atoms with van der Waals surface area (Å²) in [4.78, 5) is 13.0. The molecular weight excluding hydrogens is 250 g/mol. The highest BCUT2D eigenvalue weighted by atomic mass is 15.3. The highest BCUT2D eigenvalue weighted by Gasteiger charge is 2.20. The van der Waals surface area contributed by atoms with Crippen LogP contribution in [0.15, 0.2) is 30.7 Å². The molecule has 0 amide bonds. The average molecular weight is 265 g/mol. The van der Waals surface area contributed by atoms with Gasteiger partial charge in [-0.05, 0) is 42.9 Å². The number of aromatic nitrogens is 5. The Morgan fingerprint density at radius 3 is 2.95 bits per heavy atom. The van der Waals surface area contributed by atoms with Crippen LogP contribution < -0.4 is 0 Å². The topological polar surface area (TPSA) is 56.0 Å². The highest BCUT2D eigenvalue weighted by Crippen LogP contribution is 2.25. The van der Waals surface area contributed by atoms with Gasteiger partial charge in [-0.3, -0.25) is 4.98 Å². The van der Waals surface area contributed by atoms with Crippen LogP contribution in [0.2, 0.25) is 0 Å². The maximum atomic E-state index is 4.64. The number of nitrogens with zero attached hydrogens (tertiary/aromatic N) is 5. The predicted octanol–water partition coefficient (Wildman–Crippen LogP) is 2.31. The van der Waals surface area contributed by atoms with Gasteiger partial charge in [0.1, 0.15) is 0 Å². The molecule has 0 saturated heterocycles. The molecule has 1 unspecified atom stereocenters. The third kappa shape index (κ3) is 1.78. The Morgan fingerprint density at radius 1 is 1.25 bits per heavy atom. The molecule has 5 nitrogen and oxygen atoms in total. The lowest BCUT2D eigenvalue weighted by atomic mass is 9.89. The standard InChI is InChI=1S/C15H15N5/c1-10-2-3-13-12(8-10)9-17-15-18-14(19-20(13)15)11-4-6-16-7-5-11/h4-7,9-10H,2-3,8H2,1H3. The summed E-state index contributed by atoms with van der Waals surface area (Å²) in [5.41, 5.74) is 3.55. The van der Waals surface area contributed by atoms with Crippen molar-refractivity contribution in [2.45, 2.75) is 26.2 Å². The van der Waals surface area contributed by atoms with Crippen molar-refractivity contribution in [1.82, 2.24) is 24.6 Å². The van der Waals surface area contributed by atoms with Crippen molar-refractivity contribution in [2.24, 2.45) is 5.92 Å². The van der Waals surface area contributed by atoms with E-state index in [9.17, 15) is 0 Å². The molecule has 1 aliphatic rings. The smallest absolute Gasteiger partial charge is 0.252 e. The largest absolute Gasteiger partial charge is 0.265 e. The Kier molecular flexibility index (Phi) is 2.52. The van der Waals surface area contributed by atoms with Crippen LogP contribution in [0.1, 0.15) is 24.6 Å². The number of pyridine rings is 1. The second-order valence-electron chi connectivity index (χ2n) is 5.46. The molecule has 3 aromatic heterocycles. The first-order chi connectivity index (χ1) is 9.81. The lowest BCUT2D eigenvalue weighted by Crippen LogP contribution is -2.16. The summed E-state index contributed by atoms with van der Waals surface area (Å²) in [7, 11) is 0. The molecule has 0 bridgehead atoms. The third-order valence-electron chi connectivity index (χ3n) is 3.93. The van der Waals surface area contributed by atoms with E-state index in [2.05, 4.69) is 27.0 Å². The van der Waals surface area contributed by atoms with Gasteiger partial charge in [0.05, 0.1) is 5.69 Å². The lowest BCUT2D eigenvalue weighted by molar-refractivity contribution is 0.485. The molecule has 3 aromatic rings. The number of fused-ring (bicyclic) bond motifs is 3. The molecule has 0 aliphatic heterocycles. The third-order valence-corrected chi connectivity index (χ3v) is 3.93. The van der Waals surface area contributed by atoms with Gasteiger partial charge in [-0.15, -0.1) is 5.10 Å². The molecule has 0 N–H and O–H groups in total. The zero-order valence-electron chi connectivity index (χ0n) is 11.3. The van der Waals surface area contributed by atoms with Gasteiger partial charge in [-0.2, -0.15) is 4.98 Å². The van der Waals surface area contributed by atoms with Gasteiger partial charge in [-0.1, -0.05) is 6.92 Å². The van der Waals surface area contributed by atoms with E-state index in [1.54, 1.807) is 12.4 Å². The molecule has 20 heavy (non-hydrogen) atoms. The Balaban J connectivity index is 1.88. The fourth-order valence-electron chi connectivity index (χ4n) is 2.84. The minimum absolute atomic E-state index is 0.685. The summed E-state index contributed by atoms with van der Waals surface area (Å²) < 4.78 is 1.91. The van der Waals surface area contributed by atoms with Crippen molar-refractivity contribution in [3.8, 4) is 11.4 Å². The minimum atomic E-state index is 0.685. The molecule has 1 atom stereocenters. The van der Waals surface area contributed by atoms with Gasteiger partial charge in [0.25, 0.3) is 5.78 Å². The lowest BCUT2D eigenvalue weighted by Gasteiger charge is -2.20. The zero-order chi connectivity index (χ0) is 13.5. The van der Waals surface area contributed by atoms with Gasteiger partial charge in [0.2, 0.25) is 0 Å². The molecule has 1 aliphatic carbocycles. The monoisotopic (exact) mass is 265 g/mol. The van der Waals surface area contributed by atoms with Crippen molar-refractivity contribution >= 4 is 5.78 Å². The Bertz CT molecular complexity index is 763. The first kappa shape index (κ1) is 11.5. The summed E-state index contributed by atoms with van der Waals surface area (Å²) in [6.07, 6.45) is 8.82. The van der Waals surface area contributed by atoms with Crippen LogP contribution in [-0.4, -0.2) is 24.6 Å². The average Bonchev–Trinajstić information content (AvgIpc) is 2.92. The number of hydrogen-bond donors (Lipinski definition) is 0. The fraction of sp³-hybridized carbons (Fsp3) is 0.333. The molecule has 0 saturated carbocycles.